The molecule has 0 fully saturated rings. The van der Waals surface area contributed by atoms with Gasteiger partial charge in [0.05, 0.1) is 32.0 Å². The van der Waals surface area contributed by atoms with Crippen LogP contribution < -0.4 is 14.8 Å². The summed E-state index contributed by atoms with van der Waals surface area (Å²) in [5.74, 6) is 0.699. The van der Waals surface area contributed by atoms with Crippen molar-refractivity contribution in [1.82, 2.24) is 5.32 Å². The molecule has 2 aromatic rings. The molecule has 0 aromatic heterocycles. The van der Waals surface area contributed by atoms with E-state index in [-0.39, 0.29) is 19.0 Å². The van der Waals surface area contributed by atoms with Gasteiger partial charge in [0.25, 0.3) is 0 Å². The zero-order valence-corrected chi connectivity index (χ0v) is 15.4. The molecule has 2 rings (SSSR count). The summed E-state index contributed by atoms with van der Waals surface area (Å²) in [6, 6.07) is 9.76. The summed E-state index contributed by atoms with van der Waals surface area (Å²) in [4.78, 5) is 0. The van der Waals surface area contributed by atoms with E-state index >= 15 is 0 Å². The Morgan fingerprint density at radius 1 is 1.12 bits per heavy atom. The quantitative estimate of drug-likeness (QED) is 0.584. The van der Waals surface area contributed by atoms with Crippen LogP contribution in [0.25, 0.3) is 0 Å². The van der Waals surface area contributed by atoms with E-state index in [0.717, 1.165) is 11.1 Å². The third kappa shape index (κ3) is 6.46. The average Bonchev–Trinajstić information content (AvgIpc) is 2.64. The molecule has 0 saturated carbocycles. The first-order valence-electron chi connectivity index (χ1n) is 8.27. The minimum Gasteiger partial charge on any atom is -0.493 e. The molecule has 5 nitrogen and oxygen atoms in total. The Balaban J connectivity index is 1.94. The Morgan fingerprint density at radius 3 is 2.58 bits per heavy atom. The summed E-state index contributed by atoms with van der Waals surface area (Å²) < 4.78 is 29.3. The number of rotatable bonds is 11. The van der Waals surface area contributed by atoms with E-state index in [1.165, 1.54) is 12.1 Å². The number of hydrogen-bond acceptors (Lipinski definition) is 5. The molecule has 142 valence electrons. The molecule has 0 amide bonds. The Hall–Kier alpha value is -1.86. The van der Waals surface area contributed by atoms with Gasteiger partial charge in [-0.2, -0.15) is 0 Å². The molecule has 0 aliphatic rings. The molecule has 0 atom stereocenters. The monoisotopic (exact) mass is 383 g/mol. The third-order valence-corrected chi connectivity index (χ3v) is 3.85. The molecule has 0 heterocycles. The highest BCUT2D eigenvalue weighted by atomic mass is 35.5. The highest BCUT2D eigenvalue weighted by molar-refractivity contribution is 6.32. The van der Waals surface area contributed by atoms with Gasteiger partial charge in [-0.15, -0.1) is 0 Å². The van der Waals surface area contributed by atoms with Crippen LogP contribution in [0.15, 0.2) is 36.4 Å². The van der Waals surface area contributed by atoms with E-state index in [9.17, 15) is 4.39 Å². The van der Waals surface area contributed by atoms with Gasteiger partial charge in [0.15, 0.2) is 11.5 Å². The molecular weight excluding hydrogens is 361 g/mol. The van der Waals surface area contributed by atoms with Gasteiger partial charge in [0.2, 0.25) is 0 Å². The van der Waals surface area contributed by atoms with Crippen molar-refractivity contribution in [3.05, 3.63) is 58.4 Å². The first-order valence-corrected chi connectivity index (χ1v) is 8.64. The summed E-state index contributed by atoms with van der Waals surface area (Å²) in [7, 11) is 1.55. The topological polar surface area (TPSA) is 60.0 Å². The lowest BCUT2D eigenvalue weighted by atomic mass is 10.2. The Labute approximate surface area is 157 Å². The second-order valence-electron chi connectivity index (χ2n) is 5.54. The smallest absolute Gasteiger partial charge is 0.180 e. The normalized spacial score (nSPS) is 10.8. The van der Waals surface area contributed by atoms with Gasteiger partial charge in [-0.3, -0.25) is 0 Å². The Bertz CT molecular complexity index is 682. The highest BCUT2D eigenvalue weighted by Crippen LogP contribution is 2.37. The molecule has 2 N–H and O–H groups in total. The first kappa shape index (κ1) is 20.5. The van der Waals surface area contributed by atoms with Gasteiger partial charge >= 0.3 is 0 Å². The summed E-state index contributed by atoms with van der Waals surface area (Å²) in [5, 5.41) is 12.3. The number of ether oxygens (including phenoxy) is 3. The number of hydrogen-bond donors (Lipinski definition) is 2. The van der Waals surface area contributed by atoms with Crippen molar-refractivity contribution in [3.8, 4) is 11.5 Å². The van der Waals surface area contributed by atoms with Crippen molar-refractivity contribution in [2.45, 2.75) is 13.2 Å². The fraction of sp³-hybridized carbons (Fsp3) is 0.368. The van der Waals surface area contributed by atoms with Crippen LogP contribution in [-0.4, -0.2) is 38.6 Å². The summed E-state index contributed by atoms with van der Waals surface area (Å²) in [5.41, 5.74) is 1.78. The lowest BCUT2D eigenvalue weighted by Gasteiger charge is -2.15. The summed E-state index contributed by atoms with van der Waals surface area (Å²) >= 11 is 6.34. The van der Waals surface area contributed by atoms with Crippen LogP contribution in [0.1, 0.15) is 11.1 Å². The minimum absolute atomic E-state index is 0.0200. The maximum absolute atomic E-state index is 13.0. The molecule has 26 heavy (non-hydrogen) atoms. The standard InChI is InChI=1S/C19H23ClFNO4/c1-24-18-11-15(12-22-6-8-25-9-7-23)10-17(20)19(18)26-13-14-2-4-16(21)5-3-14/h2-5,10-11,22-23H,6-9,12-13H2,1H3. The Morgan fingerprint density at radius 2 is 1.88 bits per heavy atom. The highest BCUT2D eigenvalue weighted by Gasteiger charge is 2.12. The molecule has 7 heteroatoms. The summed E-state index contributed by atoms with van der Waals surface area (Å²) in [6.07, 6.45) is 0. The van der Waals surface area contributed by atoms with Gasteiger partial charge in [-0.05, 0) is 35.4 Å². The molecule has 0 saturated heterocycles. The largest absolute Gasteiger partial charge is 0.493 e. The number of methoxy groups -OCH3 is 1. The van der Waals surface area contributed by atoms with Crippen LogP contribution in [0.4, 0.5) is 4.39 Å². The van der Waals surface area contributed by atoms with Crippen molar-refractivity contribution in [2.24, 2.45) is 0 Å². The fourth-order valence-electron chi connectivity index (χ4n) is 2.30. The first-order chi connectivity index (χ1) is 12.6. The van der Waals surface area contributed by atoms with Crippen LogP contribution >= 0.6 is 11.6 Å². The number of benzene rings is 2. The van der Waals surface area contributed by atoms with Crippen LogP contribution in [0, 0.1) is 5.82 Å². The lowest BCUT2D eigenvalue weighted by Crippen LogP contribution is -2.20. The molecule has 0 bridgehead atoms. The zero-order chi connectivity index (χ0) is 18.8. The second kappa shape index (κ2) is 11.0. The maximum atomic E-state index is 13.0. The van der Waals surface area contributed by atoms with Crippen LogP contribution in [0.3, 0.4) is 0 Å². The predicted molar refractivity (Wildman–Crippen MR) is 98.3 cm³/mol. The van der Waals surface area contributed by atoms with Crippen molar-refractivity contribution in [3.63, 3.8) is 0 Å². The fourth-order valence-corrected chi connectivity index (χ4v) is 2.58. The van der Waals surface area contributed by atoms with Gasteiger partial charge in [-0.1, -0.05) is 23.7 Å². The number of aliphatic hydroxyl groups is 1. The van der Waals surface area contributed by atoms with Crippen LogP contribution in [0.5, 0.6) is 11.5 Å². The lowest BCUT2D eigenvalue weighted by molar-refractivity contribution is 0.0938. The summed E-state index contributed by atoms with van der Waals surface area (Å²) in [6.45, 7) is 2.38. The van der Waals surface area contributed by atoms with Gasteiger partial charge in [0, 0.05) is 13.1 Å². The number of nitrogens with one attached hydrogen (secondary N) is 1. The van der Waals surface area contributed by atoms with E-state index < -0.39 is 0 Å². The van der Waals surface area contributed by atoms with E-state index in [2.05, 4.69) is 5.32 Å². The average molecular weight is 384 g/mol. The third-order valence-electron chi connectivity index (χ3n) is 3.57. The Kier molecular flexibility index (Phi) is 8.64. The minimum atomic E-state index is -0.289. The maximum Gasteiger partial charge on any atom is 0.180 e. The van der Waals surface area contributed by atoms with Crippen LogP contribution in [-0.2, 0) is 17.9 Å². The molecular formula is C19H23ClFNO4. The van der Waals surface area contributed by atoms with Crippen LogP contribution in [0.2, 0.25) is 5.02 Å². The van der Waals surface area contributed by atoms with E-state index in [1.54, 1.807) is 19.2 Å². The molecule has 0 radical (unpaired) electrons. The van der Waals surface area contributed by atoms with E-state index in [1.807, 2.05) is 12.1 Å². The van der Waals surface area contributed by atoms with Crippen molar-refractivity contribution < 1.29 is 23.7 Å². The van der Waals surface area contributed by atoms with Gasteiger partial charge in [0.1, 0.15) is 12.4 Å². The molecule has 0 spiro atoms. The SMILES string of the molecule is COc1cc(CNCCOCCO)cc(Cl)c1OCc1ccc(F)cc1. The van der Waals surface area contributed by atoms with Crippen molar-refractivity contribution in [2.75, 3.05) is 33.5 Å². The molecule has 0 unspecified atom stereocenters. The van der Waals surface area contributed by atoms with Gasteiger partial charge < -0.3 is 24.6 Å². The zero-order valence-electron chi connectivity index (χ0n) is 14.6. The predicted octanol–water partition coefficient (Wildman–Crippen LogP) is 3.17. The molecule has 0 aliphatic carbocycles. The van der Waals surface area contributed by atoms with Gasteiger partial charge in [-0.25, -0.2) is 4.39 Å². The number of halogens is 2. The molecule has 0 aliphatic heterocycles. The number of aliphatic hydroxyl groups excluding tert-OH is 1. The van der Waals surface area contributed by atoms with E-state index in [0.29, 0.717) is 42.8 Å². The van der Waals surface area contributed by atoms with E-state index in [4.69, 9.17) is 30.9 Å². The second-order valence-corrected chi connectivity index (χ2v) is 5.94. The van der Waals surface area contributed by atoms with Crippen molar-refractivity contribution >= 4 is 11.6 Å². The molecule has 2 aromatic carbocycles. The van der Waals surface area contributed by atoms with Crippen molar-refractivity contribution in [1.29, 1.82) is 0 Å².